The molecule has 0 aliphatic carbocycles. The lowest BCUT2D eigenvalue weighted by atomic mass is 10.2. The van der Waals surface area contributed by atoms with Gasteiger partial charge in [-0.3, -0.25) is 19.7 Å². The van der Waals surface area contributed by atoms with Crippen LogP contribution in [0.5, 0.6) is 17.2 Å². The number of benzene rings is 2. The number of anilines is 1. The van der Waals surface area contributed by atoms with Gasteiger partial charge in [0.2, 0.25) is 0 Å². The number of carbonyl (C=O) groups is 2. The lowest BCUT2D eigenvalue weighted by molar-refractivity contribution is -0.384. The van der Waals surface area contributed by atoms with Gasteiger partial charge in [0.05, 0.1) is 24.7 Å². The summed E-state index contributed by atoms with van der Waals surface area (Å²) in [5.74, 6) is 0.310. The third-order valence-electron chi connectivity index (χ3n) is 3.44. The molecule has 0 saturated heterocycles. The number of hydrogen-bond donors (Lipinski definition) is 1. The maximum atomic E-state index is 12.1. The van der Waals surface area contributed by atoms with E-state index in [1.54, 1.807) is 6.92 Å². The quantitative estimate of drug-likeness (QED) is 0.407. The molecule has 27 heavy (non-hydrogen) atoms. The topological polar surface area (TPSA) is 117 Å². The fraction of sp³-hybridized carbons (Fsp3) is 0.222. The Morgan fingerprint density at radius 3 is 2.59 bits per heavy atom. The molecule has 142 valence electrons. The van der Waals surface area contributed by atoms with Crippen LogP contribution in [0.25, 0.3) is 0 Å². The van der Waals surface area contributed by atoms with Crippen LogP contribution in [-0.2, 0) is 4.79 Å². The first-order valence-corrected chi connectivity index (χ1v) is 7.95. The van der Waals surface area contributed by atoms with Crippen molar-refractivity contribution in [3.05, 3.63) is 52.1 Å². The van der Waals surface area contributed by atoms with Crippen molar-refractivity contribution in [2.45, 2.75) is 6.92 Å². The molecule has 0 radical (unpaired) electrons. The molecule has 9 nitrogen and oxygen atoms in total. The monoisotopic (exact) mass is 374 g/mol. The van der Waals surface area contributed by atoms with Gasteiger partial charge in [-0.2, -0.15) is 0 Å². The second-order valence-corrected chi connectivity index (χ2v) is 5.23. The van der Waals surface area contributed by atoms with Gasteiger partial charge in [0.1, 0.15) is 17.7 Å². The van der Waals surface area contributed by atoms with Crippen LogP contribution >= 0.6 is 0 Å². The molecule has 0 aliphatic rings. The maximum Gasteiger partial charge on any atom is 0.296 e. The number of nitrogens with one attached hydrogen (secondary N) is 1. The standard InChI is InChI=1S/C18H18N2O7/c1-3-26-17-8-12(10-21)4-7-16(17)27-11-18(22)19-14-6-5-13(25-2)9-15(14)20(23)24/h4-10H,3,11H2,1-2H3,(H,19,22). The Morgan fingerprint density at radius 1 is 1.19 bits per heavy atom. The Kier molecular flexibility index (Phi) is 6.70. The van der Waals surface area contributed by atoms with Crippen LogP contribution in [0.1, 0.15) is 17.3 Å². The van der Waals surface area contributed by atoms with Crippen LogP contribution in [0.4, 0.5) is 11.4 Å². The number of aldehydes is 1. The maximum absolute atomic E-state index is 12.1. The number of amides is 1. The van der Waals surface area contributed by atoms with Gasteiger partial charge in [0.25, 0.3) is 11.6 Å². The fourth-order valence-electron chi connectivity index (χ4n) is 2.21. The number of carbonyl (C=O) groups excluding carboxylic acids is 2. The average molecular weight is 374 g/mol. The van der Waals surface area contributed by atoms with E-state index in [1.807, 2.05) is 0 Å². The van der Waals surface area contributed by atoms with Crippen molar-refractivity contribution in [2.75, 3.05) is 25.6 Å². The summed E-state index contributed by atoms with van der Waals surface area (Å²) in [6.07, 6.45) is 0.668. The number of methoxy groups -OCH3 is 1. The van der Waals surface area contributed by atoms with Crippen molar-refractivity contribution in [3.63, 3.8) is 0 Å². The predicted octanol–water partition coefficient (Wildman–Crippen LogP) is 2.83. The molecular formula is C18H18N2O7. The molecule has 0 spiro atoms. The van der Waals surface area contributed by atoms with E-state index in [9.17, 15) is 19.7 Å². The lowest BCUT2D eigenvalue weighted by Crippen LogP contribution is -2.21. The van der Waals surface area contributed by atoms with Crippen LogP contribution < -0.4 is 19.5 Å². The number of rotatable bonds is 9. The minimum absolute atomic E-state index is 0.0238. The third kappa shape index (κ3) is 5.18. The molecule has 2 aromatic rings. The molecule has 0 heterocycles. The Balaban J connectivity index is 2.09. The van der Waals surface area contributed by atoms with Crippen molar-refractivity contribution in [2.24, 2.45) is 0 Å². The zero-order valence-electron chi connectivity index (χ0n) is 14.8. The van der Waals surface area contributed by atoms with Crippen LogP contribution in [0.15, 0.2) is 36.4 Å². The van der Waals surface area contributed by atoms with Crippen molar-refractivity contribution >= 4 is 23.6 Å². The van der Waals surface area contributed by atoms with Crippen LogP contribution in [0.2, 0.25) is 0 Å². The van der Waals surface area contributed by atoms with Crippen LogP contribution in [0.3, 0.4) is 0 Å². The Hall–Kier alpha value is -3.62. The molecule has 2 aromatic carbocycles. The molecule has 1 N–H and O–H groups in total. The molecule has 0 bridgehead atoms. The first-order chi connectivity index (χ1) is 13.0. The Bertz CT molecular complexity index is 852. The molecule has 0 fully saturated rings. The summed E-state index contributed by atoms with van der Waals surface area (Å²) in [4.78, 5) is 33.5. The largest absolute Gasteiger partial charge is 0.496 e. The van der Waals surface area contributed by atoms with E-state index in [0.717, 1.165) is 0 Å². The zero-order chi connectivity index (χ0) is 19.8. The molecule has 0 unspecified atom stereocenters. The molecule has 0 saturated carbocycles. The molecule has 1 amide bonds. The van der Waals surface area contributed by atoms with E-state index in [-0.39, 0.29) is 17.1 Å². The van der Waals surface area contributed by atoms with Crippen LogP contribution in [-0.4, -0.2) is 37.4 Å². The number of nitro groups is 1. The van der Waals surface area contributed by atoms with E-state index >= 15 is 0 Å². The first-order valence-electron chi connectivity index (χ1n) is 7.95. The van der Waals surface area contributed by atoms with Gasteiger partial charge in [0.15, 0.2) is 18.1 Å². The van der Waals surface area contributed by atoms with Crippen molar-refractivity contribution in [1.29, 1.82) is 0 Å². The smallest absolute Gasteiger partial charge is 0.296 e. The van der Waals surface area contributed by atoms with Gasteiger partial charge in [-0.15, -0.1) is 0 Å². The van der Waals surface area contributed by atoms with Crippen molar-refractivity contribution in [3.8, 4) is 17.2 Å². The molecule has 0 aliphatic heterocycles. The molecular weight excluding hydrogens is 356 g/mol. The highest BCUT2D eigenvalue weighted by Gasteiger charge is 2.18. The van der Waals surface area contributed by atoms with Crippen molar-refractivity contribution in [1.82, 2.24) is 0 Å². The third-order valence-corrected chi connectivity index (χ3v) is 3.44. The van der Waals surface area contributed by atoms with Crippen LogP contribution in [0, 0.1) is 10.1 Å². The Labute approximate surface area is 155 Å². The molecule has 0 aromatic heterocycles. The summed E-state index contributed by atoms with van der Waals surface area (Å²) in [6, 6.07) is 8.61. The molecule has 9 heteroatoms. The summed E-state index contributed by atoms with van der Waals surface area (Å²) in [7, 11) is 1.39. The van der Waals surface area contributed by atoms with Crippen molar-refractivity contribution < 1.29 is 28.7 Å². The number of nitro benzene ring substituents is 1. The summed E-state index contributed by atoms with van der Waals surface area (Å²) < 4.78 is 15.8. The van der Waals surface area contributed by atoms with Gasteiger partial charge in [0, 0.05) is 5.56 Å². The fourth-order valence-corrected chi connectivity index (χ4v) is 2.21. The lowest BCUT2D eigenvalue weighted by Gasteiger charge is -2.12. The molecule has 2 rings (SSSR count). The van der Waals surface area contributed by atoms with E-state index in [1.165, 1.54) is 43.5 Å². The number of nitrogens with zero attached hydrogens (tertiary/aromatic N) is 1. The SMILES string of the molecule is CCOc1cc(C=O)ccc1OCC(=O)Nc1ccc(OC)cc1[N+](=O)[O-]. The summed E-state index contributed by atoms with van der Waals surface area (Å²) in [6.45, 7) is 1.72. The number of ether oxygens (including phenoxy) is 3. The predicted molar refractivity (Wildman–Crippen MR) is 96.8 cm³/mol. The highest BCUT2D eigenvalue weighted by atomic mass is 16.6. The normalized spacial score (nSPS) is 10.0. The second-order valence-electron chi connectivity index (χ2n) is 5.23. The van der Waals surface area contributed by atoms with Gasteiger partial charge in [-0.05, 0) is 37.3 Å². The van der Waals surface area contributed by atoms with E-state index < -0.39 is 17.4 Å². The second kappa shape index (κ2) is 9.18. The van der Waals surface area contributed by atoms with E-state index in [0.29, 0.717) is 30.0 Å². The van der Waals surface area contributed by atoms with Gasteiger partial charge >= 0.3 is 0 Å². The highest BCUT2D eigenvalue weighted by Crippen LogP contribution is 2.30. The van der Waals surface area contributed by atoms with E-state index in [2.05, 4.69) is 5.32 Å². The summed E-state index contributed by atoms with van der Waals surface area (Å²) >= 11 is 0. The summed E-state index contributed by atoms with van der Waals surface area (Å²) in [5, 5.41) is 13.6. The first kappa shape index (κ1) is 19.7. The van der Waals surface area contributed by atoms with E-state index in [4.69, 9.17) is 14.2 Å². The van der Waals surface area contributed by atoms with Gasteiger partial charge in [-0.25, -0.2) is 0 Å². The summed E-state index contributed by atoms with van der Waals surface area (Å²) in [5.41, 5.74) is 0.132. The average Bonchev–Trinajstić information content (AvgIpc) is 2.67. The minimum Gasteiger partial charge on any atom is -0.496 e. The molecule has 0 atom stereocenters. The Morgan fingerprint density at radius 2 is 1.96 bits per heavy atom. The minimum atomic E-state index is -0.621. The van der Waals surface area contributed by atoms with Gasteiger partial charge in [-0.1, -0.05) is 0 Å². The van der Waals surface area contributed by atoms with Gasteiger partial charge < -0.3 is 19.5 Å². The zero-order valence-corrected chi connectivity index (χ0v) is 14.8. The number of hydrogen-bond acceptors (Lipinski definition) is 7. The highest BCUT2D eigenvalue weighted by molar-refractivity contribution is 5.94.